The Labute approximate surface area is 119 Å². The number of anilines is 2. The number of hydrogen-bond acceptors (Lipinski definition) is 3. The molecule has 0 aromatic heterocycles. The van der Waals surface area contributed by atoms with E-state index in [9.17, 15) is 14.7 Å². The summed E-state index contributed by atoms with van der Waals surface area (Å²) in [6.45, 7) is 7.02. The number of aliphatic hydroxyl groups excluding tert-OH is 1. The fraction of sp³-hybridized carbons (Fsp3) is 0.467. The smallest absolute Gasteiger partial charge is 0.227 e. The molecule has 0 bridgehead atoms. The molecule has 1 unspecified atom stereocenters. The van der Waals surface area contributed by atoms with Crippen LogP contribution in [0, 0.1) is 12.8 Å². The highest BCUT2D eigenvalue weighted by Gasteiger charge is 2.15. The topological polar surface area (TPSA) is 78.4 Å². The quantitative estimate of drug-likeness (QED) is 0.773. The maximum atomic E-state index is 11.9. The van der Waals surface area contributed by atoms with E-state index in [1.807, 2.05) is 26.8 Å². The summed E-state index contributed by atoms with van der Waals surface area (Å²) in [6, 6.07) is 5.38. The van der Waals surface area contributed by atoms with Crippen molar-refractivity contribution in [2.45, 2.75) is 40.2 Å². The van der Waals surface area contributed by atoms with E-state index in [2.05, 4.69) is 10.6 Å². The van der Waals surface area contributed by atoms with E-state index in [4.69, 9.17) is 0 Å². The van der Waals surface area contributed by atoms with Crippen LogP contribution in [-0.4, -0.2) is 23.0 Å². The molecule has 5 heteroatoms. The molecule has 0 spiro atoms. The third-order valence-electron chi connectivity index (χ3n) is 2.92. The maximum absolute atomic E-state index is 11.9. The van der Waals surface area contributed by atoms with Crippen LogP contribution in [-0.2, 0) is 9.59 Å². The molecular formula is C15H22N2O3. The highest BCUT2D eigenvalue weighted by Crippen LogP contribution is 2.23. The van der Waals surface area contributed by atoms with Crippen LogP contribution in [0.15, 0.2) is 18.2 Å². The van der Waals surface area contributed by atoms with Crippen LogP contribution >= 0.6 is 0 Å². The fourth-order valence-electron chi connectivity index (χ4n) is 1.69. The first kappa shape index (κ1) is 16.2. The van der Waals surface area contributed by atoms with Crippen molar-refractivity contribution < 1.29 is 14.7 Å². The molecule has 0 aliphatic carbocycles. The minimum Gasteiger partial charge on any atom is -0.392 e. The van der Waals surface area contributed by atoms with E-state index < -0.39 is 6.10 Å². The number of aliphatic hydroxyl groups is 1. The molecule has 1 atom stereocenters. The van der Waals surface area contributed by atoms with Crippen LogP contribution < -0.4 is 10.6 Å². The molecule has 1 aromatic carbocycles. The summed E-state index contributed by atoms with van der Waals surface area (Å²) in [5.41, 5.74) is 2.07. The standard InChI is InChI=1S/C15H22N2O3/c1-9(2)14(19)8-15(20)17-13-7-10(3)5-6-12(13)16-11(4)18/h5-7,9,14,19H,8H2,1-4H3,(H,16,18)(H,17,20). The highest BCUT2D eigenvalue weighted by molar-refractivity contribution is 5.99. The molecule has 0 saturated heterocycles. The van der Waals surface area contributed by atoms with Crippen molar-refractivity contribution in [2.75, 3.05) is 10.6 Å². The van der Waals surface area contributed by atoms with Gasteiger partial charge in [0.15, 0.2) is 0 Å². The second-order valence-corrected chi connectivity index (χ2v) is 5.29. The molecule has 5 nitrogen and oxygen atoms in total. The number of carbonyl (C=O) groups excluding carboxylic acids is 2. The van der Waals surface area contributed by atoms with Crippen LogP contribution in [0.3, 0.4) is 0 Å². The van der Waals surface area contributed by atoms with Crippen LogP contribution in [0.1, 0.15) is 32.8 Å². The average Bonchev–Trinajstić information content (AvgIpc) is 2.31. The predicted molar refractivity (Wildman–Crippen MR) is 79.6 cm³/mol. The zero-order valence-electron chi connectivity index (χ0n) is 12.4. The Morgan fingerprint density at radius 3 is 2.40 bits per heavy atom. The summed E-state index contributed by atoms with van der Waals surface area (Å²) < 4.78 is 0. The fourth-order valence-corrected chi connectivity index (χ4v) is 1.69. The third-order valence-corrected chi connectivity index (χ3v) is 2.92. The van der Waals surface area contributed by atoms with Gasteiger partial charge in [-0.1, -0.05) is 19.9 Å². The van der Waals surface area contributed by atoms with Crippen LogP contribution in [0.25, 0.3) is 0 Å². The first-order chi connectivity index (χ1) is 9.29. The lowest BCUT2D eigenvalue weighted by Crippen LogP contribution is -2.24. The molecule has 1 aromatic rings. The SMILES string of the molecule is CC(=O)Nc1ccc(C)cc1NC(=O)CC(O)C(C)C. The summed E-state index contributed by atoms with van der Waals surface area (Å²) in [7, 11) is 0. The number of rotatable bonds is 5. The van der Waals surface area contributed by atoms with Gasteiger partial charge in [0.05, 0.1) is 23.9 Å². The van der Waals surface area contributed by atoms with Crippen molar-refractivity contribution in [1.29, 1.82) is 0 Å². The van der Waals surface area contributed by atoms with Crippen molar-refractivity contribution in [3.63, 3.8) is 0 Å². The Hall–Kier alpha value is -1.88. The molecular weight excluding hydrogens is 256 g/mol. The number of aryl methyl sites for hydroxylation is 1. The minimum absolute atomic E-state index is 0.0214. The Bertz CT molecular complexity index is 498. The molecule has 20 heavy (non-hydrogen) atoms. The monoisotopic (exact) mass is 278 g/mol. The van der Waals surface area contributed by atoms with Crippen LogP contribution in [0.5, 0.6) is 0 Å². The molecule has 0 aliphatic rings. The predicted octanol–water partition coefficient (Wildman–Crippen LogP) is 2.30. The van der Waals surface area contributed by atoms with E-state index in [0.717, 1.165) is 5.56 Å². The second kappa shape index (κ2) is 7.05. The largest absolute Gasteiger partial charge is 0.392 e. The Kier molecular flexibility index (Phi) is 5.70. The first-order valence-corrected chi connectivity index (χ1v) is 6.65. The van der Waals surface area contributed by atoms with Gasteiger partial charge in [-0.15, -0.1) is 0 Å². The van der Waals surface area contributed by atoms with Gasteiger partial charge in [-0.2, -0.15) is 0 Å². The second-order valence-electron chi connectivity index (χ2n) is 5.29. The molecule has 3 N–H and O–H groups in total. The molecule has 2 amide bonds. The van der Waals surface area contributed by atoms with Gasteiger partial charge >= 0.3 is 0 Å². The molecule has 0 radical (unpaired) electrons. The van der Waals surface area contributed by atoms with Crippen molar-refractivity contribution in [3.8, 4) is 0 Å². The summed E-state index contributed by atoms with van der Waals surface area (Å²) in [6.07, 6.45) is -0.644. The van der Waals surface area contributed by atoms with Crippen LogP contribution in [0.2, 0.25) is 0 Å². The maximum Gasteiger partial charge on any atom is 0.227 e. The van der Waals surface area contributed by atoms with Gasteiger partial charge in [-0.25, -0.2) is 0 Å². The van der Waals surface area contributed by atoms with E-state index in [0.29, 0.717) is 11.4 Å². The van der Waals surface area contributed by atoms with E-state index in [-0.39, 0.29) is 24.2 Å². The number of benzene rings is 1. The van der Waals surface area contributed by atoms with Crippen molar-refractivity contribution in [2.24, 2.45) is 5.92 Å². The van der Waals surface area contributed by atoms with Crippen molar-refractivity contribution >= 4 is 23.2 Å². The first-order valence-electron chi connectivity index (χ1n) is 6.65. The number of hydrogen-bond donors (Lipinski definition) is 3. The summed E-state index contributed by atoms with van der Waals surface area (Å²) in [4.78, 5) is 23.0. The summed E-state index contributed by atoms with van der Waals surface area (Å²) in [5, 5.41) is 15.1. The molecule has 0 heterocycles. The van der Waals surface area contributed by atoms with Gasteiger partial charge in [-0.3, -0.25) is 9.59 Å². The van der Waals surface area contributed by atoms with E-state index in [1.165, 1.54) is 6.92 Å². The number of nitrogens with one attached hydrogen (secondary N) is 2. The van der Waals surface area contributed by atoms with E-state index in [1.54, 1.807) is 12.1 Å². The molecule has 0 saturated carbocycles. The van der Waals surface area contributed by atoms with Gasteiger partial charge in [-0.05, 0) is 30.5 Å². The molecule has 0 fully saturated rings. The summed E-state index contributed by atoms with van der Waals surface area (Å²) >= 11 is 0. The number of amides is 2. The Morgan fingerprint density at radius 2 is 1.85 bits per heavy atom. The third kappa shape index (κ3) is 5.01. The lowest BCUT2D eigenvalue weighted by Gasteiger charge is -2.16. The zero-order valence-corrected chi connectivity index (χ0v) is 12.4. The van der Waals surface area contributed by atoms with Crippen molar-refractivity contribution in [1.82, 2.24) is 0 Å². The van der Waals surface area contributed by atoms with Crippen molar-refractivity contribution in [3.05, 3.63) is 23.8 Å². The normalized spacial score (nSPS) is 12.1. The van der Waals surface area contributed by atoms with Gasteiger partial charge in [0.2, 0.25) is 11.8 Å². The molecule has 1 rings (SSSR count). The Morgan fingerprint density at radius 1 is 1.20 bits per heavy atom. The van der Waals surface area contributed by atoms with Crippen LogP contribution in [0.4, 0.5) is 11.4 Å². The van der Waals surface area contributed by atoms with Gasteiger partial charge in [0.1, 0.15) is 0 Å². The lowest BCUT2D eigenvalue weighted by atomic mass is 10.0. The highest BCUT2D eigenvalue weighted by atomic mass is 16.3. The van der Waals surface area contributed by atoms with E-state index >= 15 is 0 Å². The molecule has 110 valence electrons. The average molecular weight is 278 g/mol. The molecule has 0 aliphatic heterocycles. The van der Waals surface area contributed by atoms with Gasteiger partial charge in [0, 0.05) is 6.92 Å². The summed E-state index contributed by atoms with van der Waals surface area (Å²) in [5.74, 6) is -0.456. The van der Waals surface area contributed by atoms with Gasteiger partial charge < -0.3 is 15.7 Å². The zero-order chi connectivity index (χ0) is 15.3. The lowest BCUT2D eigenvalue weighted by molar-refractivity contribution is -0.118. The Balaban J connectivity index is 2.82. The minimum atomic E-state index is -0.677. The number of carbonyl (C=O) groups is 2. The van der Waals surface area contributed by atoms with Gasteiger partial charge in [0.25, 0.3) is 0 Å².